The lowest BCUT2D eigenvalue weighted by molar-refractivity contribution is 0.0973. The fraction of sp³-hybridized carbons (Fsp3) is 0.200. The van der Waals surface area contributed by atoms with Crippen molar-refractivity contribution < 1.29 is 9.59 Å². The number of para-hydroxylation sites is 1. The van der Waals surface area contributed by atoms with Crippen molar-refractivity contribution in [3.63, 3.8) is 0 Å². The van der Waals surface area contributed by atoms with E-state index >= 15 is 0 Å². The number of carbonyl (C=O) groups excluding carboxylic acids is 2. The van der Waals surface area contributed by atoms with Gasteiger partial charge in [-0.2, -0.15) is 0 Å². The zero-order valence-corrected chi connectivity index (χ0v) is 17.2. The van der Waals surface area contributed by atoms with E-state index in [-0.39, 0.29) is 11.8 Å². The minimum absolute atomic E-state index is 0.117. The Labute approximate surface area is 176 Å². The third-order valence-corrected chi connectivity index (χ3v) is 5.38. The predicted molar refractivity (Wildman–Crippen MR) is 120 cm³/mol. The highest BCUT2D eigenvalue weighted by Crippen LogP contribution is 2.26. The van der Waals surface area contributed by atoms with Crippen LogP contribution in [0, 0.1) is 12.8 Å². The van der Waals surface area contributed by atoms with E-state index in [0.29, 0.717) is 22.7 Å². The van der Waals surface area contributed by atoms with Crippen LogP contribution in [0.2, 0.25) is 0 Å². The van der Waals surface area contributed by atoms with Gasteiger partial charge in [0.1, 0.15) is 0 Å². The maximum atomic E-state index is 13.2. The van der Waals surface area contributed by atoms with Gasteiger partial charge in [-0.25, -0.2) is 10.4 Å². The van der Waals surface area contributed by atoms with E-state index in [1.54, 1.807) is 35.3 Å². The van der Waals surface area contributed by atoms with Gasteiger partial charge in [-0.05, 0) is 66.8 Å². The van der Waals surface area contributed by atoms with Crippen LogP contribution < -0.4 is 15.8 Å². The standard InChI is InChI=1S/C25H25N3O2/c1-17-15-20-8-4-6-10-23(20)28(26-16-17)25(30)19-11-13-21(14-12-19)27-24(29)22-9-5-3-7-18(22)2/h3-14,17,26H,15-16H2,1-2H3,(H,27,29). The summed E-state index contributed by atoms with van der Waals surface area (Å²) in [6.45, 7) is 4.80. The van der Waals surface area contributed by atoms with Gasteiger partial charge in [0.15, 0.2) is 0 Å². The zero-order valence-electron chi connectivity index (χ0n) is 17.2. The van der Waals surface area contributed by atoms with E-state index in [1.165, 1.54) is 0 Å². The van der Waals surface area contributed by atoms with E-state index in [0.717, 1.165) is 29.8 Å². The van der Waals surface area contributed by atoms with Crippen LogP contribution in [0.5, 0.6) is 0 Å². The largest absolute Gasteiger partial charge is 0.322 e. The molecule has 0 bridgehead atoms. The number of hydrazine groups is 1. The van der Waals surface area contributed by atoms with Crippen LogP contribution in [-0.4, -0.2) is 18.4 Å². The second-order valence-corrected chi connectivity index (χ2v) is 7.79. The van der Waals surface area contributed by atoms with Crippen molar-refractivity contribution in [1.82, 2.24) is 5.43 Å². The summed E-state index contributed by atoms with van der Waals surface area (Å²) >= 11 is 0. The number of anilines is 2. The van der Waals surface area contributed by atoms with Crippen molar-refractivity contribution >= 4 is 23.2 Å². The summed E-state index contributed by atoms with van der Waals surface area (Å²) in [5.74, 6) is 0.153. The molecule has 0 fully saturated rings. The number of rotatable bonds is 3. The lowest BCUT2D eigenvalue weighted by Crippen LogP contribution is -2.44. The van der Waals surface area contributed by atoms with Crippen molar-refractivity contribution in [3.8, 4) is 0 Å². The SMILES string of the molecule is Cc1ccccc1C(=O)Nc1ccc(C(=O)N2NCC(C)Cc3ccccc32)cc1. The summed E-state index contributed by atoms with van der Waals surface area (Å²) in [6, 6.07) is 22.5. The molecule has 0 saturated carbocycles. The molecule has 0 saturated heterocycles. The van der Waals surface area contributed by atoms with Gasteiger partial charge in [0.25, 0.3) is 11.8 Å². The molecule has 3 aromatic rings. The number of fused-ring (bicyclic) bond motifs is 1. The Bertz CT molecular complexity index is 1080. The summed E-state index contributed by atoms with van der Waals surface area (Å²) in [5, 5.41) is 4.54. The summed E-state index contributed by atoms with van der Waals surface area (Å²) < 4.78 is 0. The minimum Gasteiger partial charge on any atom is -0.322 e. The van der Waals surface area contributed by atoms with Gasteiger partial charge in [-0.3, -0.25) is 9.59 Å². The molecule has 1 heterocycles. The van der Waals surface area contributed by atoms with Crippen molar-refractivity contribution in [2.24, 2.45) is 5.92 Å². The molecule has 1 aliphatic heterocycles. The summed E-state index contributed by atoms with van der Waals surface area (Å²) in [7, 11) is 0. The Morgan fingerprint density at radius 3 is 2.43 bits per heavy atom. The van der Waals surface area contributed by atoms with Gasteiger partial charge in [0, 0.05) is 23.4 Å². The monoisotopic (exact) mass is 399 g/mol. The lowest BCUT2D eigenvalue weighted by atomic mass is 10.0. The molecule has 4 rings (SSSR count). The van der Waals surface area contributed by atoms with Crippen LogP contribution >= 0.6 is 0 Å². The van der Waals surface area contributed by atoms with Crippen LogP contribution in [-0.2, 0) is 6.42 Å². The topological polar surface area (TPSA) is 61.4 Å². The maximum absolute atomic E-state index is 13.2. The molecule has 0 spiro atoms. The molecular formula is C25H25N3O2. The smallest absolute Gasteiger partial charge is 0.272 e. The van der Waals surface area contributed by atoms with E-state index in [1.807, 2.05) is 43.3 Å². The van der Waals surface area contributed by atoms with Crippen LogP contribution in [0.1, 0.15) is 38.8 Å². The Balaban J connectivity index is 1.52. The molecule has 30 heavy (non-hydrogen) atoms. The normalized spacial score (nSPS) is 15.8. The van der Waals surface area contributed by atoms with E-state index in [4.69, 9.17) is 0 Å². The lowest BCUT2D eigenvalue weighted by Gasteiger charge is -2.23. The number of amides is 2. The van der Waals surface area contributed by atoms with Gasteiger partial charge < -0.3 is 5.32 Å². The van der Waals surface area contributed by atoms with Gasteiger partial charge in [-0.1, -0.05) is 43.3 Å². The third kappa shape index (κ3) is 4.11. The van der Waals surface area contributed by atoms with Crippen LogP contribution in [0.25, 0.3) is 0 Å². The van der Waals surface area contributed by atoms with E-state index in [2.05, 4.69) is 23.7 Å². The molecule has 0 radical (unpaired) electrons. The average Bonchev–Trinajstić information content (AvgIpc) is 2.92. The highest BCUT2D eigenvalue weighted by Gasteiger charge is 2.24. The van der Waals surface area contributed by atoms with Crippen LogP contribution in [0.4, 0.5) is 11.4 Å². The van der Waals surface area contributed by atoms with Crippen LogP contribution in [0.3, 0.4) is 0 Å². The number of benzene rings is 3. The molecule has 1 atom stereocenters. The summed E-state index contributed by atoms with van der Waals surface area (Å²) in [6.07, 6.45) is 0.927. The molecule has 1 unspecified atom stereocenters. The number of hydrogen-bond acceptors (Lipinski definition) is 3. The number of hydrogen-bond donors (Lipinski definition) is 2. The van der Waals surface area contributed by atoms with Crippen LogP contribution in [0.15, 0.2) is 72.8 Å². The first-order valence-corrected chi connectivity index (χ1v) is 10.2. The Hall–Kier alpha value is -3.44. The van der Waals surface area contributed by atoms with Gasteiger partial charge >= 0.3 is 0 Å². The molecule has 0 aromatic heterocycles. The maximum Gasteiger partial charge on any atom is 0.272 e. The Morgan fingerprint density at radius 2 is 1.67 bits per heavy atom. The average molecular weight is 399 g/mol. The highest BCUT2D eigenvalue weighted by atomic mass is 16.2. The molecule has 5 nitrogen and oxygen atoms in total. The molecule has 2 N–H and O–H groups in total. The fourth-order valence-corrected chi connectivity index (χ4v) is 3.71. The van der Waals surface area contributed by atoms with Crippen molar-refractivity contribution in [2.75, 3.05) is 16.9 Å². The Kier molecular flexibility index (Phi) is 5.63. The first-order valence-electron chi connectivity index (χ1n) is 10.2. The van der Waals surface area contributed by atoms with Gasteiger partial charge in [0.05, 0.1) is 5.69 Å². The third-order valence-electron chi connectivity index (χ3n) is 5.38. The van der Waals surface area contributed by atoms with Crippen molar-refractivity contribution in [2.45, 2.75) is 20.3 Å². The van der Waals surface area contributed by atoms with E-state index < -0.39 is 0 Å². The molecule has 1 aliphatic rings. The molecule has 152 valence electrons. The van der Waals surface area contributed by atoms with Gasteiger partial charge in [0.2, 0.25) is 0 Å². The summed E-state index contributed by atoms with van der Waals surface area (Å²) in [5.41, 5.74) is 8.09. The first kappa shape index (κ1) is 19.9. The zero-order chi connectivity index (χ0) is 21.1. The number of aryl methyl sites for hydroxylation is 1. The first-order chi connectivity index (χ1) is 14.5. The number of nitrogens with one attached hydrogen (secondary N) is 2. The predicted octanol–water partition coefficient (Wildman–Crippen LogP) is 4.59. The molecular weight excluding hydrogens is 374 g/mol. The fourth-order valence-electron chi connectivity index (χ4n) is 3.71. The second kappa shape index (κ2) is 8.51. The Morgan fingerprint density at radius 1 is 0.967 bits per heavy atom. The number of nitrogens with zero attached hydrogens (tertiary/aromatic N) is 1. The highest BCUT2D eigenvalue weighted by molar-refractivity contribution is 6.07. The molecule has 2 amide bonds. The molecule has 3 aromatic carbocycles. The van der Waals surface area contributed by atoms with Gasteiger partial charge in [-0.15, -0.1) is 0 Å². The second-order valence-electron chi connectivity index (χ2n) is 7.79. The van der Waals surface area contributed by atoms with Crippen molar-refractivity contribution in [1.29, 1.82) is 0 Å². The number of carbonyl (C=O) groups is 2. The molecule has 5 heteroatoms. The quantitative estimate of drug-likeness (QED) is 0.677. The summed E-state index contributed by atoms with van der Waals surface area (Å²) in [4.78, 5) is 25.7. The molecule has 0 aliphatic carbocycles. The minimum atomic E-state index is -0.163. The van der Waals surface area contributed by atoms with E-state index in [9.17, 15) is 9.59 Å². The van der Waals surface area contributed by atoms with Crippen molar-refractivity contribution in [3.05, 3.63) is 95.1 Å².